The Balaban J connectivity index is 1.77. The van der Waals surface area contributed by atoms with Crippen molar-refractivity contribution in [1.82, 2.24) is 9.21 Å². The fourth-order valence-electron chi connectivity index (χ4n) is 3.28. The lowest BCUT2D eigenvalue weighted by atomic mass is 10.1. The van der Waals surface area contributed by atoms with E-state index in [1.165, 1.54) is 0 Å². The van der Waals surface area contributed by atoms with Crippen LogP contribution >= 0.6 is 0 Å². The van der Waals surface area contributed by atoms with E-state index >= 15 is 0 Å². The van der Waals surface area contributed by atoms with E-state index in [-0.39, 0.29) is 25.5 Å². The Morgan fingerprint density at radius 1 is 0.966 bits per heavy atom. The van der Waals surface area contributed by atoms with E-state index in [1.54, 1.807) is 23.1 Å². The predicted molar refractivity (Wildman–Crippen MR) is 102 cm³/mol. The van der Waals surface area contributed by atoms with Gasteiger partial charge >= 0.3 is 6.18 Å². The van der Waals surface area contributed by atoms with Crippen molar-refractivity contribution in [3.8, 4) is 0 Å². The summed E-state index contributed by atoms with van der Waals surface area (Å²) in [6, 6.07) is 10.9. The number of rotatable bonds is 3. The maximum Gasteiger partial charge on any atom is 0.416 e. The summed E-state index contributed by atoms with van der Waals surface area (Å²) in [5.74, 6) is -0.188. The fourth-order valence-corrected chi connectivity index (χ4v) is 4.80. The van der Waals surface area contributed by atoms with Crippen LogP contribution in [0.15, 0.2) is 53.4 Å². The molecule has 1 saturated heterocycles. The Morgan fingerprint density at radius 3 is 2.38 bits per heavy atom. The van der Waals surface area contributed by atoms with Gasteiger partial charge in [0.1, 0.15) is 0 Å². The predicted octanol–water partition coefficient (Wildman–Crippen LogP) is 3.55. The second-order valence-corrected chi connectivity index (χ2v) is 8.88. The number of hydrogen-bond acceptors (Lipinski definition) is 3. The van der Waals surface area contributed by atoms with Crippen LogP contribution < -0.4 is 0 Å². The highest BCUT2D eigenvalue weighted by Crippen LogP contribution is 2.31. The normalized spacial score (nSPS) is 16.5. The lowest BCUT2D eigenvalue weighted by Crippen LogP contribution is -2.37. The fraction of sp³-hybridized carbons (Fsp3) is 0.350. The highest BCUT2D eigenvalue weighted by atomic mass is 32.2. The van der Waals surface area contributed by atoms with E-state index in [4.69, 9.17) is 0 Å². The number of carbonyl (C=O) groups excluding carboxylic acids is 1. The highest BCUT2D eigenvalue weighted by molar-refractivity contribution is 7.89. The summed E-state index contributed by atoms with van der Waals surface area (Å²) in [5, 5.41) is 0. The first-order valence-electron chi connectivity index (χ1n) is 9.12. The van der Waals surface area contributed by atoms with Gasteiger partial charge in [0.2, 0.25) is 10.0 Å². The molecule has 0 saturated carbocycles. The molecule has 1 fully saturated rings. The van der Waals surface area contributed by atoms with E-state index in [0.29, 0.717) is 24.6 Å². The minimum atomic E-state index is -4.62. The lowest BCUT2D eigenvalue weighted by Gasteiger charge is -2.22. The molecule has 0 bridgehead atoms. The van der Waals surface area contributed by atoms with E-state index in [1.807, 2.05) is 13.0 Å². The minimum Gasteiger partial charge on any atom is -0.337 e. The van der Waals surface area contributed by atoms with Gasteiger partial charge in [-0.1, -0.05) is 23.8 Å². The molecule has 0 spiro atoms. The molecule has 0 unspecified atom stereocenters. The van der Waals surface area contributed by atoms with Gasteiger partial charge in [0.15, 0.2) is 0 Å². The standard InChI is InChI=1S/C20H21F3N2O3S/c1-15-5-2-6-16(13-15)19(26)24-9-4-10-25(12-11-24)29(27,28)18-8-3-7-17(14-18)20(21,22)23/h2-3,5-8,13-14H,4,9-12H2,1H3. The lowest BCUT2D eigenvalue weighted by molar-refractivity contribution is -0.137. The van der Waals surface area contributed by atoms with Gasteiger partial charge in [0.25, 0.3) is 5.91 Å². The van der Waals surface area contributed by atoms with Gasteiger partial charge in [0.05, 0.1) is 10.5 Å². The van der Waals surface area contributed by atoms with Gasteiger partial charge in [-0.25, -0.2) is 8.42 Å². The van der Waals surface area contributed by atoms with Crippen LogP contribution in [0.5, 0.6) is 0 Å². The van der Waals surface area contributed by atoms with Crippen molar-refractivity contribution in [2.24, 2.45) is 0 Å². The highest BCUT2D eigenvalue weighted by Gasteiger charge is 2.33. The maximum atomic E-state index is 12.9. The van der Waals surface area contributed by atoms with Crippen molar-refractivity contribution in [1.29, 1.82) is 0 Å². The first-order valence-corrected chi connectivity index (χ1v) is 10.6. The molecule has 2 aromatic carbocycles. The van der Waals surface area contributed by atoms with Gasteiger partial charge in [-0.05, 0) is 43.7 Å². The van der Waals surface area contributed by atoms with E-state index in [9.17, 15) is 26.4 Å². The van der Waals surface area contributed by atoms with Crippen molar-refractivity contribution in [2.75, 3.05) is 26.2 Å². The molecular weight excluding hydrogens is 405 g/mol. The SMILES string of the molecule is Cc1cccc(C(=O)N2CCCN(S(=O)(=O)c3cccc(C(F)(F)F)c3)CC2)c1. The van der Waals surface area contributed by atoms with Crippen molar-refractivity contribution in [2.45, 2.75) is 24.4 Å². The summed E-state index contributed by atoms with van der Waals surface area (Å²) in [7, 11) is -4.09. The molecule has 1 aliphatic rings. The van der Waals surface area contributed by atoms with Gasteiger partial charge in [0, 0.05) is 31.7 Å². The number of alkyl halides is 3. The largest absolute Gasteiger partial charge is 0.416 e. The van der Waals surface area contributed by atoms with Gasteiger partial charge < -0.3 is 4.90 Å². The summed E-state index contributed by atoms with van der Waals surface area (Å²) in [6.45, 7) is 2.58. The van der Waals surface area contributed by atoms with E-state index < -0.39 is 26.7 Å². The van der Waals surface area contributed by atoms with Crippen LogP contribution in [0.4, 0.5) is 13.2 Å². The Morgan fingerprint density at radius 2 is 1.69 bits per heavy atom. The monoisotopic (exact) mass is 426 g/mol. The van der Waals surface area contributed by atoms with Crippen LogP contribution in [0.2, 0.25) is 0 Å². The quantitative estimate of drug-likeness (QED) is 0.754. The summed E-state index contributed by atoms with van der Waals surface area (Å²) < 4.78 is 65.7. The molecule has 1 heterocycles. The van der Waals surface area contributed by atoms with E-state index in [0.717, 1.165) is 28.1 Å². The maximum absolute atomic E-state index is 12.9. The second-order valence-electron chi connectivity index (χ2n) is 6.94. The number of hydrogen-bond donors (Lipinski definition) is 0. The Hall–Kier alpha value is -2.39. The molecule has 29 heavy (non-hydrogen) atoms. The zero-order valence-corrected chi connectivity index (χ0v) is 16.6. The molecule has 2 aromatic rings. The first kappa shape index (κ1) is 21.3. The number of sulfonamides is 1. The second kappa shape index (κ2) is 8.16. The van der Waals surface area contributed by atoms with Crippen molar-refractivity contribution >= 4 is 15.9 Å². The van der Waals surface area contributed by atoms with Crippen molar-refractivity contribution < 1.29 is 26.4 Å². The summed E-state index contributed by atoms with van der Waals surface area (Å²) >= 11 is 0. The van der Waals surface area contributed by atoms with Gasteiger partial charge in [-0.3, -0.25) is 4.79 Å². The molecule has 0 aromatic heterocycles. The molecule has 0 aliphatic carbocycles. The Bertz CT molecular complexity index is 1010. The number of halogens is 3. The average Bonchev–Trinajstić information content (AvgIpc) is 2.93. The van der Waals surface area contributed by atoms with Gasteiger partial charge in [-0.2, -0.15) is 17.5 Å². The molecule has 3 rings (SSSR count). The topological polar surface area (TPSA) is 57.7 Å². The Kier molecular flexibility index (Phi) is 6.00. The number of nitrogens with zero attached hydrogens (tertiary/aromatic N) is 2. The summed E-state index contributed by atoms with van der Waals surface area (Å²) in [6.07, 6.45) is -4.23. The van der Waals surface area contributed by atoms with Crippen LogP contribution in [0.1, 0.15) is 27.9 Å². The van der Waals surface area contributed by atoms with Crippen LogP contribution in [0.3, 0.4) is 0 Å². The van der Waals surface area contributed by atoms with Crippen molar-refractivity contribution in [3.05, 3.63) is 65.2 Å². The minimum absolute atomic E-state index is 0.0239. The van der Waals surface area contributed by atoms with Gasteiger partial charge in [-0.15, -0.1) is 0 Å². The zero-order chi connectivity index (χ0) is 21.2. The molecule has 9 heteroatoms. The van der Waals surface area contributed by atoms with E-state index in [2.05, 4.69) is 0 Å². The van der Waals surface area contributed by atoms with Crippen LogP contribution in [-0.2, 0) is 16.2 Å². The number of aryl methyl sites for hydroxylation is 1. The average molecular weight is 426 g/mol. The third-order valence-corrected chi connectivity index (χ3v) is 6.70. The third-order valence-electron chi connectivity index (χ3n) is 4.81. The molecule has 0 atom stereocenters. The molecule has 0 N–H and O–H groups in total. The third kappa shape index (κ3) is 4.79. The molecule has 156 valence electrons. The molecular formula is C20H21F3N2O3S. The number of carbonyl (C=O) groups is 1. The molecule has 0 radical (unpaired) electrons. The van der Waals surface area contributed by atoms with Crippen LogP contribution in [0, 0.1) is 6.92 Å². The summed E-state index contributed by atoms with van der Waals surface area (Å²) in [5.41, 5.74) is 0.461. The number of amides is 1. The first-order chi connectivity index (χ1) is 13.6. The molecule has 1 amide bonds. The zero-order valence-electron chi connectivity index (χ0n) is 15.8. The van der Waals surface area contributed by atoms with Crippen LogP contribution in [-0.4, -0.2) is 49.7 Å². The van der Waals surface area contributed by atoms with Crippen molar-refractivity contribution in [3.63, 3.8) is 0 Å². The molecule has 1 aliphatic heterocycles. The number of benzene rings is 2. The molecule has 5 nitrogen and oxygen atoms in total. The van der Waals surface area contributed by atoms with Crippen LogP contribution in [0.25, 0.3) is 0 Å². The smallest absolute Gasteiger partial charge is 0.337 e. The summed E-state index contributed by atoms with van der Waals surface area (Å²) in [4.78, 5) is 13.9. The Labute approximate surface area is 167 Å².